The number of aliphatic hydroxyl groups is 1. The molecule has 0 saturated heterocycles. The van der Waals surface area contributed by atoms with Crippen LogP contribution in [0.25, 0.3) is 0 Å². The number of fused-ring (bicyclic) bond motifs is 1. The van der Waals surface area contributed by atoms with Gasteiger partial charge in [-0.3, -0.25) is 15.0 Å². The van der Waals surface area contributed by atoms with Crippen LogP contribution in [0.15, 0.2) is 72.8 Å². The molecular formula is C30H31Cl2N3O3. The van der Waals surface area contributed by atoms with Crippen molar-refractivity contribution in [1.29, 1.82) is 0 Å². The monoisotopic (exact) mass is 551 g/mol. The fraction of sp³-hybridized carbons (Fsp3) is 0.333. The highest BCUT2D eigenvalue weighted by Crippen LogP contribution is 2.47. The van der Waals surface area contributed by atoms with Gasteiger partial charge in [-0.05, 0) is 60.6 Å². The first-order valence-corrected chi connectivity index (χ1v) is 13.7. The number of aliphatic hydroxyl groups excluding tert-OH is 1. The number of rotatable bonds is 6. The lowest BCUT2D eigenvalue weighted by molar-refractivity contribution is -0.129. The van der Waals surface area contributed by atoms with Crippen LogP contribution in [0.5, 0.6) is 0 Å². The van der Waals surface area contributed by atoms with Gasteiger partial charge in [0, 0.05) is 35.2 Å². The van der Waals surface area contributed by atoms with Crippen molar-refractivity contribution in [1.82, 2.24) is 15.3 Å². The van der Waals surface area contributed by atoms with Crippen molar-refractivity contribution in [3.63, 3.8) is 0 Å². The van der Waals surface area contributed by atoms with Crippen molar-refractivity contribution in [2.45, 2.75) is 56.3 Å². The quantitative estimate of drug-likeness (QED) is 0.383. The maximum absolute atomic E-state index is 14.1. The Morgan fingerprint density at radius 3 is 2.37 bits per heavy atom. The average Bonchev–Trinajstić information content (AvgIpc) is 2.90. The second-order valence-corrected chi connectivity index (χ2v) is 11.0. The first-order chi connectivity index (χ1) is 18.3. The molecule has 1 heterocycles. The van der Waals surface area contributed by atoms with Crippen molar-refractivity contribution in [2.24, 2.45) is 0 Å². The van der Waals surface area contributed by atoms with E-state index in [1.165, 1.54) is 0 Å². The summed E-state index contributed by atoms with van der Waals surface area (Å²) in [4.78, 5) is 30.0. The number of benzene rings is 3. The third kappa shape index (κ3) is 5.45. The fourth-order valence-electron chi connectivity index (χ4n) is 5.80. The molecule has 38 heavy (non-hydrogen) atoms. The number of hydrogen-bond acceptors (Lipinski definition) is 4. The van der Waals surface area contributed by atoms with Gasteiger partial charge in [-0.1, -0.05) is 77.8 Å². The van der Waals surface area contributed by atoms with Gasteiger partial charge in [-0.25, -0.2) is 5.01 Å². The van der Waals surface area contributed by atoms with Gasteiger partial charge in [0.1, 0.15) is 0 Å². The summed E-state index contributed by atoms with van der Waals surface area (Å²) in [7, 11) is 1.83. The summed E-state index contributed by atoms with van der Waals surface area (Å²) in [6, 6.07) is 21.7. The smallest absolute Gasteiger partial charge is 0.254 e. The minimum Gasteiger partial charge on any atom is -0.393 e. The number of amides is 2. The van der Waals surface area contributed by atoms with Gasteiger partial charge in [0.15, 0.2) is 0 Å². The molecule has 2 aliphatic rings. The number of hydrogen-bond donors (Lipinski definition) is 2. The maximum Gasteiger partial charge on any atom is 0.254 e. The molecule has 0 radical (unpaired) electrons. The molecule has 3 aromatic rings. The number of carbonyl (C=O) groups is 2. The Bertz CT molecular complexity index is 1310. The average molecular weight is 553 g/mol. The molecule has 1 aliphatic heterocycles. The van der Waals surface area contributed by atoms with Gasteiger partial charge in [0.25, 0.3) is 5.91 Å². The molecule has 8 heteroatoms. The van der Waals surface area contributed by atoms with Crippen molar-refractivity contribution < 1.29 is 14.7 Å². The van der Waals surface area contributed by atoms with Crippen molar-refractivity contribution in [3.05, 3.63) is 105 Å². The molecular weight excluding hydrogens is 521 g/mol. The highest BCUT2D eigenvalue weighted by atomic mass is 35.5. The summed E-state index contributed by atoms with van der Waals surface area (Å²) >= 11 is 13.0. The molecule has 2 amide bonds. The summed E-state index contributed by atoms with van der Waals surface area (Å²) in [6.07, 6.45) is 2.14. The molecule has 6 nitrogen and oxygen atoms in total. The van der Waals surface area contributed by atoms with E-state index in [9.17, 15) is 14.7 Å². The normalized spacial score (nSPS) is 23.3. The number of hydrazine groups is 1. The molecule has 0 unspecified atom stereocenters. The van der Waals surface area contributed by atoms with Crippen molar-refractivity contribution >= 4 is 35.0 Å². The number of halogens is 2. The minimum atomic E-state index is -0.701. The molecule has 3 aromatic carbocycles. The third-order valence-corrected chi connectivity index (χ3v) is 8.13. The molecule has 1 aliphatic carbocycles. The predicted molar refractivity (Wildman–Crippen MR) is 149 cm³/mol. The Kier molecular flexibility index (Phi) is 8.05. The molecule has 5 rings (SSSR count). The Morgan fingerprint density at radius 2 is 1.66 bits per heavy atom. The molecule has 0 bridgehead atoms. The van der Waals surface area contributed by atoms with Gasteiger partial charge in [-0.15, -0.1) is 0 Å². The second kappa shape index (κ2) is 11.5. The zero-order chi connectivity index (χ0) is 26.8. The van der Waals surface area contributed by atoms with Crippen LogP contribution in [-0.4, -0.2) is 46.0 Å². The van der Waals surface area contributed by atoms with Crippen molar-refractivity contribution in [2.75, 3.05) is 7.05 Å². The van der Waals surface area contributed by atoms with Crippen molar-refractivity contribution in [3.8, 4) is 0 Å². The van der Waals surface area contributed by atoms with E-state index in [1.807, 2.05) is 66.5 Å². The minimum absolute atomic E-state index is 0.125. The van der Waals surface area contributed by atoms with Crippen LogP contribution in [-0.2, 0) is 11.3 Å². The molecule has 1 saturated carbocycles. The number of nitrogens with one attached hydrogen (secondary N) is 1. The Morgan fingerprint density at radius 1 is 0.974 bits per heavy atom. The van der Waals surface area contributed by atoms with Gasteiger partial charge >= 0.3 is 0 Å². The topological polar surface area (TPSA) is 72.9 Å². The van der Waals surface area contributed by atoms with E-state index in [0.29, 0.717) is 59.0 Å². The first kappa shape index (κ1) is 26.7. The van der Waals surface area contributed by atoms with E-state index in [4.69, 9.17) is 23.2 Å². The summed E-state index contributed by atoms with van der Waals surface area (Å²) in [5.74, 6) is -1.05. The largest absolute Gasteiger partial charge is 0.393 e. The highest BCUT2D eigenvalue weighted by molar-refractivity contribution is 6.35. The van der Waals surface area contributed by atoms with Gasteiger partial charge < -0.3 is 10.0 Å². The van der Waals surface area contributed by atoms with Crippen LogP contribution in [0.2, 0.25) is 10.0 Å². The van der Waals surface area contributed by atoms with E-state index in [0.717, 1.165) is 5.56 Å². The van der Waals surface area contributed by atoms with Crippen LogP contribution < -0.4 is 5.43 Å². The molecule has 2 atom stereocenters. The van der Waals surface area contributed by atoms with E-state index in [1.54, 1.807) is 23.2 Å². The van der Waals surface area contributed by atoms with E-state index in [-0.39, 0.29) is 24.0 Å². The number of nitrogens with zero attached hydrogens (tertiary/aromatic N) is 2. The lowest BCUT2D eigenvalue weighted by atomic mass is 9.77. The van der Waals surface area contributed by atoms with Crippen LogP contribution in [0.3, 0.4) is 0 Å². The van der Waals surface area contributed by atoms with Crippen LogP contribution in [0.1, 0.15) is 64.7 Å². The number of carbonyl (C=O) groups excluding carboxylic acids is 2. The molecule has 1 fully saturated rings. The van der Waals surface area contributed by atoms with Gasteiger partial charge in [-0.2, -0.15) is 0 Å². The summed E-state index contributed by atoms with van der Waals surface area (Å²) in [5, 5.41) is 12.8. The van der Waals surface area contributed by atoms with Crippen LogP contribution in [0.4, 0.5) is 0 Å². The fourth-order valence-corrected chi connectivity index (χ4v) is 6.32. The van der Waals surface area contributed by atoms with Crippen LogP contribution in [0, 0.1) is 0 Å². The van der Waals surface area contributed by atoms with Crippen LogP contribution >= 0.6 is 23.2 Å². The Labute approximate surface area is 233 Å². The maximum atomic E-state index is 14.1. The summed E-state index contributed by atoms with van der Waals surface area (Å²) < 4.78 is 0. The van der Waals surface area contributed by atoms with E-state index >= 15 is 0 Å². The lowest BCUT2D eigenvalue weighted by Gasteiger charge is -2.47. The summed E-state index contributed by atoms with van der Waals surface area (Å²) in [6.45, 7) is 0.524. The van der Waals surface area contributed by atoms with Gasteiger partial charge in [0.05, 0.1) is 18.1 Å². The first-order valence-electron chi connectivity index (χ1n) is 12.9. The zero-order valence-corrected chi connectivity index (χ0v) is 22.7. The summed E-state index contributed by atoms with van der Waals surface area (Å²) in [5.41, 5.74) is 5.99. The molecule has 0 aromatic heterocycles. The third-order valence-electron chi connectivity index (χ3n) is 7.56. The standard InChI is InChI=1S/C30H31Cl2N3O3/c1-34(18-19-7-3-2-4-8-19)33-29(37)27-23-9-5-6-10-24(23)30(38)35(21-12-14-22(36)15-13-21)28(27)25-16-11-20(31)17-26(25)32/h2-11,16-17,21-22,27-28,36H,12-15,18H2,1H3,(H,33,37)/t21?,22?,27-,28+/m1/s1. The lowest BCUT2D eigenvalue weighted by Crippen LogP contribution is -2.53. The zero-order valence-electron chi connectivity index (χ0n) is 21.2. The van der Waals surface area contributed by atoms with Gasteiger partial charge in [0.2, 0.25) is 5.91 Å². The Balaban J connectivity index is 1.57. The Hall–Kier alpha value is -2.90. The SMILES string of the molecule is CN(Cc1ccccc1)NC(=O)[C@@H]1c2ccccc2C(=O)N(C2CCC(O)CC2)[C@H]1c1ccc(Cl)cc1Cl. The highest BCUT2D eigenvalue weighted by Gasteiger charge is 2.47. The second-order valence-electron chi connectivity index (χ2n) is 10.2. The molecule has 198 valence electrons. The molecule has 0 spiro atoms. The molecule has 2 N–H and O–H groups in total. The predicted octanol–water partition coefficient (Wildman–Crippen LogP) is 5.74. The van der Waals surface area contributed by atoms with E-state index in [2.05, 4.69) is 5.43 Å². The van der Waals surface area contributed by atoms with E-state index < -0.39 is 12.0 Å².